The third kappa shape index (κ3) is 3.89. The molecule has 0 radical (unpaired) electrons. The van der Waals surface area contributed by atoms with E-state index in [2.05, 4.69) is 11.9 Å². The molecule has 0 amide bonds. The molecule has 0 aromatic heterocycles. The Morgan fingerprint density at radius 2 is 2.50 bits per heavy atom. The summed E-state index contributed by atoms with van der Waals surface area (Å²) in [5.74, 6) is -0.325. The lowest BCUT2D eigenvalue weighted by Crippen LogP contribution is -2.39. The maximum Gasteiger partial charge on any atom is 0.333 e. The number of carbonyl (C=O) groups is 1. The molecule has 0 spiro atoms. The second-order valence-electron chi connectivity index (χ2n) is 3.40. The van der Waals surface area contributed by atoms with Crippen molar-refractivity contribution in [3.05, 3.63) is 12.2 Å². The molecule has 4 nitrogen and oxygen atoms in total. The van der Waals surface area contributed by atoms with Crippen molar-refractivity contribution in [2.24, 2.45) is 0 Å². The highest BCUT2D eigenvalue weighted by Crippen LogP contribution is 2.02. The highest BCUT2D eigenvalue weighted by molar-refractivity contribution is 5.86. The molecule has 0 aliphatic carbocycles. The van der Waals surface area contributed by atoms with Gasteiger partial charge in [0.25, 0.3) is 0 Å². The van der Waals surface area contributed by atoms with Crippen LogP contribution in [0.2, 0.25) is 0 Å². The summed E-state index contributed by atoms with van der Waals surface area (Å²) in [6.07, 6.45) is 0.910. The summed E-state index contributed by atoms with van der Waals surface area (Å²) in [5.41, 5.74) is 0.438. The molecule has 1 aliphatic rings. The van der Waals surface area contributed by atoms with E-state index >= 15 is 0 Å². The molecular weight excluding hydrogens is 182 g/mol. The Morgan fingerprint density at radius 3 is 3.07 bits per heavy atom. The Hall–Kier alpha value is -0.870. The molecule has 0 aromatic carbocycles. The fraction of sp³-hybridized carbons (Fsp3) is 0.700. The number of rotatable bonds is 4. The second-order valence-corrected chi connectivity index (χ2v) is 3.40. The van der Waals surface area contributed by atoms with E-state index < -0.39 is 0 Å². The molecule has 1 N–H and O–H groups in total. The first kappa shape index (κ1) is 11.2. The molecule has 0 saturated carbocycles. The fourth-order valence-corrected chi connectivity index (χ4v) is 1.21. The van der Waals surface area contributed by atoms with Gasteiger partial charge in [0.15, 0.2) is 0 Å². The number of morpholine rings is 1. The van der Waals surface area contributed by atoms with Crippen molar-refractivity contribution >= 4 is 5.97 Å². The van der Waals surface area contributed by atoms with Crippen molar-refractivity contribution < 1.29 is 14.3 Å². The molecule has 1 aliphatic heterocycles. The first-order valence-corrected chi connectivity index (χ1v) is 4.85. The smallest absolute Gasteiger partial charge is 0.333 e. The summed E-state index contributed by atoms with van der Waals surface area (Å²) in [7, 11) is 0. The van der Waals surface area contributed by atoms with Gasteiger partial charge in [0.2, 0.25) is 0 Å². The van der Waals surface area contributed by atoms with Crippen LogP contribution in [0.1, 0.15) is 13.3 Å². The van der Waals surface area contributed by atoms with E-state index in [0.717, 1.165) is 26.1 Å². The lowest BCUT2D eigenvalue weighted by atomic mass is 10.2. The van der Waals surface area contributed by atoms with Crippen molar-refractivity contribution in [1.82, 2.24) is 5.32 Å². The minimum atomic E-state index is -0.325. The highest BCUT2D eigenvalue weighted by atomic mass is 16.5. The third-order valence-electron chi connectivity index (χ3n) is 2.03. The van der Waals surface area contributed by atoms with Gasteiger partial charge in [0, 0.05) is 25.1 Å². The van der Waals surface area contributed by atoms with Gasteiger partial charge in [-0.05, 0) is 6.92 Å². The van der Waals surface area contributed by atoms with E-state index in [1.165, 1.54) is 0 Å². The zero-order chi connectivity index (χ0) is 10.4. The van der Waals surface area contributed by atoms with Crippen molar-refractivity contribution in [3.8, 4) is 0 Å². The van der Waals surface area contributed by atoms with Gasteiger partial charge in [-0.3, -0.25) is 0 Å². The molecule has 1 unspecified atom stereocenters. The van der Waals surface area contributed by atoms with Gasteiger partial charge in [-0.25, -0.2) is 4.79 Å². The lowest BCUT2D eigenvalue weighted by Gasteiger charge is -2.23. The zero-order valence-corrected chi connectivity index (χ0v) is 8.54. The van der Waals surface area contributed by atoms with Gasteiger partial charge in [-0.15, -0.1) is 0 Å². The van der Waals surface area contributed by atoms with Crippen molar-refractivity contribution in [1.29, 1.82) is 0 Å². The van der Waals surface area contributed by atoms with Crippen molar-refractivity contribution in [3.63, 3.8) is 0 Å². The van der Waals surface area contributed by atoms with Crippen molar-refractivity contribution in [2.75, 3.05) is 26.3 Å². The van der Waals surface area contributed by atoms with Gasteiger partial charge in [0.1, 0.15) is 0 Å². The Balaban J connectivity index is 2.08. The van der Waals surface area contributed by atoms with E-state index in [4.69, 9.17) is 9.47 Å². The number of hydrogen-bond donors (Lipinski definition) is 1. The van der Waals surface area contributed by atoms with Gasteiger partial charge >= 0.3 is 5.97 Å². The van der Waals surface area contributed by atoms with Gasteiger partial charge in [-0.2, -0.15) is 0 Å². The monoisotopic (exact) mass is 199 g/mol. The quantitative estimate of drug-likeness (QED) is 0.528. The molecule has 0 aromatic rings. The predicted molar refractivity (Wildman–Crippen MR) is 53.0 cm³/mol. The second kappa shape index (κ2) is 5.78. The first-order chi connectivity index (χ1) is 6.70. The average Bonchev–Trinajstić information content (AvgIpc) is 2.19. The molecule has 1 atom stereocenters. The SMILES string of the molecule is C=C(C)C(=O)OCCC1CNCCO1. The highest BCUT2D eigenvalue weighted by Gasteiger charge is 2.13. The van der Waals surface area contributed by atoms with E-state index in [9.17, 15) is 4.79 Å². The van der Waals surface area contributed by atoms with Crippen LogP contribution in [0.25, 0.3) is 0 Å². The lowest BCUT2D eigenvalue weighted by molar-refractivity contribution is -0.139. The van der Waals surface area contributed by atoms with E-state index in [1.807, 2.05) is 0 Å². The normalized spacial score (nSPS) is 21.6. The largest absolute Gasteiger partial charge is 0.462 e. The van der Waals surface area contributed by atoms with E-state index in [-0.39, 0.29) is 12.1 Å². The first-order valence-electron chi connectivity index (χ1n) is 4.85. The summed E-state index contributed by atoms with van der Waals surface area (Å²) >= 11 is 0. The number of hydrogen-bond acceptors (Lipinski definition) is 4. The van der Waals surface area contributed by atoms with Crippen LogP contribution in [0.4, 0.5) is 0 Å². The van der Waals surface area contributed by atoms with Crippen LogP contribution in [0.5, 0.6) is 0 Å². The minimum Gasteiger partial charge on any atom is -0.462 e. The standard InChI is InChI=1S/C10H17NO3/c1-8(2)10(12)14-5-3-9-7-11-4-6-13-9/h9,11H,1,3-7H2,2H3. The number of esters is 1. The number of carbonyl (C=O) groups excluding carboxylic acids is 1. The van der Waals surface area contributed by atoms with Crippen LogP contribution < -0.4 is 5.32 Å². The predicted octanol–water partition coefficient (Wildman–Crippen LogP) is 0.484. The molecule has 1 heterocycles. The Labute approximate surface area is 84.3 Å². The summed E-state index contributed by atoms with van der Waals surface area (Å²) in [4.78, 5) is 11.0. The molecule has 14 heavy (non-hydrogen) atoms. The Morgan fingerprint density at radius 1 is 1.71 bits per heavy atom. The van der Waals surface area contributed by atoms with Crippen LogP contribution in [0.15, 0.2) is 12.2 Å². The molecule has 0 bridgehead atoms. The molecular formula is C10H17NO3. The summed E-state index contributed by atoms with van der Waals surface area (Å²) in [5, 5.41) is 3.21. The van der Waals surface area contributed by atoms with Gasteiger partial charge in [-0.1, -0.05) is 6.58 Å². The Kier molecular flexibility index (Phi) is 4.62. The maximum atomic E-state index is 11.0. The van der Waals surface area contributed by atoms with Gasteiger partial charge < -0.3 is 14.8 Å². The van der Waals surface area contributed by atoms with Crippen LogP contribution >= 0.6 is 0 Å². The fourth-order valence-electron chi connectivity index (χ4n) is 1.21. The van der Waals surface area contributed by atoms with Crippen molar-refractivity contribution in [2.45, 2.75) is 19.4 Å². The Bertz CT molecular complexity index is 209. The maximum absolute atomic E-state index is 11.0. The topological polar surface area (TPSA) is 47.6 Å². The molecule has 1 fully saturated rings. The van der Waals surface area contributed by atoms with E-state index in [0.29, 0.717) is 12.2 Å². The molecule has 80 valence electrons. The summed E-state index contributed by atoms with van der Waals surface area (Å²) in [6.45, 7) is 8.02. The average molecular weight is 199 g/mol. The van der Waals surface area contributed by atoms with Crippen LogP contribution in [-0.4, -0.2) is 38.4 Å². The minimum absolute atomic E-state index is 0.168. The molecule has 1 rings (SSSR count). The molecule has 1 saturated heterocycles. The van der Waals surface area contributed by atoms with Crippen LogP contribution in [0, 0.1) is 0 Å². The third-order valence-corrected chi connectivity index (χ3v) is 2.03. The summed E-state index contributed by atoms with van der Waals surface area (Å²) < 4.78 is 10.4. The van der Waals surface area contributed by atoms with Crippen LogP contribution in [-0.2, 0) is 14.3 Å². The van der Waals surface area contributed by atoms with Crippen LogP contribution in [0.3, 0.4) is 0 Å². The number of ether oxygens (including phenoxy) is 2. The molecule has 4 heteroatoms. The van der Waals surface area contributed by atoms with Gasteiger partial charge in [0.05, 0.1) is 19.3 Å². The summed E-state index contributed by atoms with van der Waals surface area (Å²) in [6, 6.07) is 0. The number of nitrogens with one attached hydrogen (secondary N) is 1. The van der Waals surface area contributed by atoms with E-state index in [1.54, 1.807) is 6.92 Å². The zero-order valence-electron chi connectivity index (χ0n) is 8.54.